The highest BCUT2D eigenvalue weighted by atomic mass is 127. The van der Waals surface area contributed by atoms with E-state index < -0.39 is 0 Å². The van der Waals surface area contributed by atoms with Crippen LogP contribution in [0, 0.1) is 10.5 Å². The number of thioether (sulfide) groups is 1. The average molecular weight is 420 g/mol. The van der Waals surface area contributed by atoms with E-state index in [-0.39, 0.29) is 5.91 Å². The van der Waals surface area contributed by atoms with Gasteiger partial charge in [-0.2, -0.15) is 11.8 Å². The minimum atomic E-state index is 0.0753. The maximum atomic E-state index is 11.9. The Hall–Kier alpha value is -0.310. The summed E-state index contributed by atoms with van der Waals surface area (Å²) in [5.41, 5.74) is 2.02. The molecule has 1 amide bonds. The molecule has 0 unspecified atom stereocenters. The van der Waals surface area contributed by atoms with Crippen LogP contribution in [-0.4, -0.2) is 55.2 Å². The Bertz CT molecular complexity index is 479. The van der Waals surface area contributed by atoms with Gasteiger partial charge in [-0.15, -0.1) is 0 Å². The zero-order valence-electron chi connectivity index (χ0n) is 12.2. The number of morpholine rings is 1. The van der Waals surface area contributed by atoms with E-state index in [0.717, 1.165) is 49.9 Å². The summed E-state index contributed by atoms with van der Waals surface area (Å²) in [7, 11) is 0. The Morgan fingerprint density at radius 1 is 1.43 bits per heavy atom. The molecule has 0 aliphatic carbocycles. The lowest BCUT2D eigenvalue weighted by Crippen LogP contribution is -2.37. The van der Waals surface area contributed by atoms with Crippen LogP contribution >= 0.6 is 34.4 Å². The molecule has 0 radical (unpaired) electrons. The number of hydrogen-bond acceptors (Lipinski definition) is 4. The van der Waals surface area contributed by atoms with Crippen molar-refractivity contribution >= 4 is 45.9 Å². The van der Waals surface area contributed by atoms with Crippen LogP contribution in [0.4, 0.5) is 5.69 Å². The first-order chi connectivity index (χ1) is 10.1. The molecule has 1 heterocycles. The normalized spacial score (nSPS) is 15.9. The van der Waals surface area contributed by atoms with Crippen molar-refractivity contribution in [2.75, 3.05) is 49.7 Å². The van der Waals surface area contributed by atoms with Gasteiger partial charge >= 0.3 is 0 Å². The van der Waals surface area contributed by atoms with Crippen LogP contribution in [0.5, 0.6) is 0 Å². The first-order valence-electron chi connectivity index (χ1n) is 7.09. The maximum Gasteiger partial charge on any atom is 0.234 e. The van der Waals surface area contributed by atoms with Crippen LogP contribution in [0.1, 0.15) is 5.56 Å². The summed E-state index contributed by atoms with van der Waals surface area (Å²) in [5.74, 6) is 1.57. The number of ether oxygens (including phenoxy) is 1. The van der Waals surface area contributed by atoms with Crippen LogP contribution in [0.3, 0.4) is 0 Å². The number of carbonyl (C=O) groups is 1. The zero-order valence-corrected chi connectivity index (χ0v) is 15.2. The molecule has 0 saturated carbocycles. The molecule has 4 nitrogen and oxygen atoms in total. The predicted octanol–water partition coefficient (Wildman–Crippen LogP) is 2.60. The first kappa shape index (κ1) is 17.1. The average Bonchev–Trinajstić information content (AvgIpc) is 2.48. The number of anilines is 1. The van der Waals surface area contributed by atoms with Crippen molar-refractivity contribution in [2.45, 2.75) is 6.92 Å². The molecular weight excluding hydrogens is 399 g/mol. The SMILES string of the molecule is Cc1cc(I)ccc1NC(=O)CSCCN1CCOCC1. The zero-order chi connectivity index (χ0) is 15.1. The molecule has 116 valence electrons. The number of nitrogens with one attached hydrogen (secondary N) is 1. The molecular formula is C15H21IN2O2S. The van der Waals surface area contributed by atoms with Gasteiger partial charge in [0, 0.05) is 34.6 Å². The molecule has 1 aliphatic rings. The third-order valence-electron chi connectivity index (χ3n) is 3.35. The Morgan fingerprint density at radius 3 is 2.90 bits per heavy atom. The van der Waals surface area contributed by atoms with Crippen molar-refractivity contribution in [1.29, 1.82) is 0 Å². The predicted molar refractivity (Wildman–Crippen MR) is 97.1 cm³/mol. The largest absolute Gasteiger partial charge is 0.379 e. The fraction of sp³-hybridized carbons (Fsp3) is 0.533. The second-order valence-electron chi connectivity index (χ2n) is 5.01. The molecule has 2 rings (SSSR count). The van der Waals surface area contributed by atoms with E-state index in [4.69, 9.17) is 4.74 Å². The van der Waals surface area contributed by atoms with E-state index in [1.165, 1.54) is 3.57 Å². The Labute approximate surface area is 144 Å². The van der Waals surface area contributed by atoms with E-state index in [0.29, 0.717) is 5.75 Å². The topological polar surface area (TPSA) is 41.6 Å². The molecule has 0 aromatic heterocycles. The monoisotopic (exact) mass is 420 g/mol. The van der Waals surface area contributed by atoms with Crippen LogP contribution < -0.4 is 5.32 Å². The molecule has 1 N–H and O–H groups in total. The van der Waals surface area contributed by atoms with Crippen molar-refractivity contribution in [2.24, 2.45) is 0 Å². The number of amides is 1. The van der Waals surface area contributed by atoms with Crippen LogP contribution in [0.2, 0.25) is 0 Å². The van der Waals surface area contributed by atoms with E-state index in [2.05, 4.69) is 38.9 Å². The van der Waals surface area contributed by atoms with Crippen LogP contribution in [-0.2, 0) is 9.53 Å². The molecule has 1 fully saturated rings. The van der Waals surface area contributed by atoms with Gasteiger partial charge in [0.1, 0.15) is 0 Å². The third kappa shape index (κ3) is 6.14. The minimum Gasteiger partial charge on any atom is -0.379 e. The number of benzene rings is 1. The van der Waals surface area contributed by atoms with Gasteiger partial charge < -0.3 is 10.1 Å². The fourth-order valence-electron chi connectivity index (χ4n) is 2.14. The fourth-order valence-corrected chi connectivity index (χ4v) is 3.57. The summed E-state index contributed by atoms with van der Waals surface area (Å²) < 4.78 is 6.50. The highest BCUT2D eigenvalue weighted by Gasteiger charge is 2.10. The van der Waals surface area contributed by atoms with E-state index in [1.807, 2.05) is 19.1 Å². The molecule has 1 aromatic carbocycles. The minimum absolute atomic E-state index is 0.0753. The number of nitrogens with zero attached hydrogens (tertiary/aromatic N) is 1. The molecule has 1 aromatic rings. The highest BCUT2D eigenvalue weighted by Crippen LogP contribution is 2.18. The van der Waals surface area contributed by atoms with Gasteiger partial charge in [-0.1, -0.05) is 0 Å². The van der Waals surface area contributed by atoms with Gasteiger partial charge in [-0.05, 0) is 53.3 Å². The van der Waals surface area contributed by atoms with Crippen LogP contribution in [0.25, 0.3) is 0 Å². The molecule has 0 bridgehead atoms. The summed E-state index contributed by atoms with van der Waals surface area (Å²) in [4.78, 5) is 14.3. The Kier molecular flexibility index (Phi) is 7.28. The third-order valence-corrected chi connectivity index (χ3v) is 4.96. The molecule has 1 saturated heterocycles. The standard InChI is InChI=1S/C15H21IN2O2S/c1-12-10-13(16)2-3-14(12)17-15(19)11-21-9-6-18-4-7-20-8-5-18/h2-3,10H,4-9,11H2,1H3,(H,17,19). The van der Waals surface area contributed by atoms with Crippen molar-refractivity contribution in [1.82, 2.24) is 4.90 Å². The number of carbonyl (C=O) groups excluding carboxylic acids is 1. The van der Waals surface area contributed by atoms with Crippen LogP contribution in [0.15, 0.2) is 18.2 Å². The smallest absolute Gasteiger partial charge is 0.234 e. The molecule has 6 heteroatoms. The lowest BCUT2D eigenvalue weighted by Gasteiger charge is -2.26. The van der Waals surface area contributed by atoms with Crippen molar-refractivity contribution in [3.8, 4) is 0 Å². The molecule has 1 aliphatic heterocycles. The summed E-state index contributed by atoms with van der Waals surface area (Å²) in [6, 6.07) is 6.05. The summed E-state index contributed by atoms with van der Waals surface area (Å²) >= 11 is 3.96. The number of halogens is 1. The second kappa shape index (κ2) is 8.97. The number of rotatable bonds is 6. The van der Waals surface area contributed by atoms with Crippen molar-refractivity contribution in [3.05, 3.63) is 27.3 Å². The second-order valence-corrected chi connectivity index (χ2v) is 7.36. The van der Waals surface area contributed by atoms with Gasteiger partial charge in [0.15, 0.2) is 0 Å². The van der Waals surface area contributed by atoms with Gasteiger partial charge in [0.25, 0.3) is 0 Å². The van der Waals surface area contributed by atoms with Gasteiger partial charge in [0.2, 0.25) is 5.91 Å². The number of aryl methyl sites for hydroxylation is 1. The summed E-state index contributed by atoms with van der Waals surface area (Å²) in [5, 5.41) is 2.98. The number of hydrogen-bond donors (Lipinski definition) is 1. The molecule has 0 spiro atoms. The Balaban J connectivity index is 1.65. The van der Waals surface area contributed by atoms with Crippen molar-refractivity contribution < 1.29 is 9.53 Å². The van der Waals surface area contributed by atoms with Gasteiger partial charge in [-0.3, -0.25) is 9.69 Å². The van der Waals surface area contributed by atoms with E-state index >= 15 is 0 Å². The lowest BCUT2D eigenvalue weighted by molar-refractivity contribution is -0.113. The maximum absolute atomic E-state index is 11.9. The van der Waals surface area contributed by atoms with Crippen molar-refractivity contribution in [3.63, 3.8) is 0 Å². The van der Waals surface area contributed by atoms with Gasteiger partial charge in [0.05, 0.1) is 19.0 Å². The quantitative estimate of drug-likeness (QED) is 0.568. The highest BCUT2D eigenvalue weighted by molar-refractivity contribution is 14.1. The first-order valence-corrected chi connectivity index (χ1v) is 9.32. The lowest BCUT2D eigenvalue weighted by atomic mass is 10.2. The summed E-state index contributed by atoms with van der Waals surface area (Å²) in [6.07, 6.45) is 0. The Morgan fingerprint density at radius 2 is 2.19 bits per heavy atom. The van der Waals surface area contributed by atoms with Gasteiger partial charge in [-0.25, -0.2) is 0 Å². The summed E-state index contributed by atoms with van der Waals surface area (Å²) in [6.45, 7) is 6.73. The molecule has 21 heavy (non-hydrogen) atoms. The molecule has 0 atom stereocenters. The van der Waals surface area contributed by atoms with E-state index in [1.54, 1.807) is 11.8 Å². The van der Waals surface area contributed by atoms with E-state index in [9.17, 15) is 4.79 Å².